The molecule has 0 amide bonds. The first-order chi connectivity index (χ1) is 12.0. The molecule has 1 aromatic rings. The third-order valence-electron chi connectivity index (χ3n) is 6.09. The zero-order valence-corrected chi connectivity index (χ0v) is 14.4. The standard InChI is InChI=1S/C19H20N4O2/c1-3-9-16(14-7-5-4-6-8-14)17(11-20)15(22)23-19(18(16,17)12-21)24-10-13(2)25-19/h4-8,13H,3,9-10H2,1-2H3,(H2,22,23)/p+1/t13-,16-,17-,18+,19+/m0/s1. The highest BCUT2D eigenvalue weighted by Gasteiger charge is 3.04. The van der Waals surface area contributed by atoms with E-state index in [1.165, 1.54) is 0 Å². The average molecular weight is 337 g/mol. The van der Waals surface area contributed by atoms with E-state index in [1.807, 2.05) is 44.2 Å². The zero-order valence-electron chi connectivity index (χ0n) is 14.4. The van der Waals surface area contributed by atoms with Gasteiger partial charge in [-0.25, -0.2) is 4.99 Å². The lowest BCUT2D eigenvalue weighted by Crippen LogP contribution is -2.90. The van der Waals surface area contributed by atoms with Crippen molar-refractivity contribution in [3.63, 3.8) is 0 Å². The molecule has 1 saturated carbocycles. The summed E-state index contributed by atoms with van der Waals surface area (Å²) < 4.78 is 12.0. The molecule has 1 saturated heterocycles. The van der Waals surface area contributed by atoms with E-state index in [-0.39, 0.29) is 11.9 Å². The molecule has 2 heterocycles. The maximum absolute atomic E-state index is 10.3. The second-order valence-corrected chi connectivity index (χ2v) is 7.14. The van der Waals surface area contributed by atoms with E-state index in [4.69, 9.17) is 15.2 Å². The molecule has 128 valence electrons. The molecule has 4 rings (SSSR count). The quantitative estimate of drug-likeness (QED) is 0.825. The van der Waals surface area contributed by atoms with Gasteiger partial charge in [-0.3, -0.25) is 5.73 Å². The summed E-state index contributed by atoms with van der Waals surface area (Å²) in [5.41, 5.74) is 4.09. The number of fused-ring (bicyclic) bond motifs is 2. The van der Waals surface area contributed by atoms with Crippen LogP contribution in [0.1, 0.15) is 32.3 Å². The number of nitrogens with one attached hydrogen (secondary N) is 1. The van der Waals surface area contributed by atoms with Gasteiger partial charge in [0.2, 0.25) is 0 Å². The molecule has 6 heteroatoms. The molecule has 2 fully saturated rings. The van der Waals surface area contributed by atoms with Gasteiger partial charge in [0.15, 0.2) is 10.8 Å². The molecule has 0 aromatic heterocycles. The Kier molecular flexibility index (Phi) is 3.10. The lowest BCUT2D eigenvalue weighted by molar-refractivity contribution is -0.679. The number of rotatable bonds is 3. The minimum absolute atomic E-state index is 0.185. The Morgan fingerprint density at radius 2 is 2.00 bits per heavy atom. The molecule has 3 N–H and O–H groups in total. The van der Waals surface area contributed by atoms with Crippen molar-refractivity contribution in [3.05, 3.63) is 35.9 Å². The van der Waals surface area contributed by atoms with Crippen molar-refractivity contribution >= 4 is 5.84 Å². The van der Waals surface area contributed by atoms with Crippen molar-refractivity contribution in [3.8, 4) is 12.1 Å². The second kappa shape index (κ2) is 4.82. The van der Waals surface area contributed by atoms with Crippen molar-refractivity contribution < 1.29 is 14.5 Å². The molecule has 0 bridgehead atoms. The van der Waals surface area contributed by atoms with Crippen LogP contribution in [0.2, 0.25) is 0 Å². The van der Waals surface area contributed by atoms with Gasteiger partial charge in [0.05, 0.1) is 30.3 Å². The molecule has 5 atom stereocenters. The number of ether oxygens (including phenoxy) is 2. The molecule has 0 radical (unpaired) electrons. The third kappa shape index (κ3) is 1.38. The first kappa shape index (κ1) is 16.1. The van der Waals surface area contributed by atoms with Crippen LogP contribution in [0.4, 0.5) is 0 Å². The summed E-state index contributed by atoms with van der Waals surface area (Å²) in [7, 11) is 0. The van der Waals surface area contributed by atoms with E-state index in [1.54, 1.807) is 0 Å². The number of nitrogens with zero attached hydrogens (tertiary/aromatic N) is 2. The first-order valence-corrected chi connectivity index (χ1v) is 8.63. The Morgan fingerprint density at radius 1 is 1.28 bits per heavy atom. The summed E-state index contributed by atoms with van der Waals surface area (Å²) in [5, 5.41) is 20.6. The van der Waals surface area contributed by atoms with Gasteiger partial charge < -0.3 is 9.47 Å². The second-order valence-electron chi connectivity index (χ2n) is 7.14. The molecule has 1 aromatic carbocycles. The third-order valence-corrected chi connectivity index (χ3v) is 6.09. The Hall–Kier alpha value is -2.41. The Labute approximate surface area is 146 Å². The van der Waals surface area contributed by atoms with Crippen molar-refractivity contribution in [2.24, 2.45) is 16.6 Å². The summed E-state index contributed by atoms with van der Waals surface area (Å²) in [6.45, 7) is 4.28. The van der Waals surface area contributed by atoms with E-state index in [0.717, 1.165) is 12.0 Å². The van der Waals surface area contributed by atoms with Crippen LogP contribution in [-0.2, 0) is 14.9 Å². The van der Waals surface area contributed by atoms with Crippen molar-refractivity contribution in [2.75, 3.05) is 6.61 Å². The highest BCUT2D eigenvalue weighted by Crippen LogP contribution is 2.84. The molecule has 2 aliphatic heterocycles. The van der Waals surface area contributed by atoms with Crippen LogP contribution in [0.5, 0.6) is 0 Å². The fourth-order valence-corrected chi connectivity index (χ4v) is 5.34. The fourth-order valence-electron chi connectivity index (χ4n) is 5.34. The van der Waals surface area contributed by atoms with Gasteiger partial charge in [-0.15, -0.1) is 0 Å². The first-order valence-electron chi connectivity index (χ1n) is 8.63. The summed E-state index contributed by atoms with van der Waals surface area (Å²) in [5.74, 6) is -1.12. The highest BCUT2D eigenvalue weighted by molar-refractivity contribution is 5.97. The van der Waals surface area contributed by atoms with E-state index < -0.39 is 22.2 Å². The highest BCUT2D eigenvalue weighted by atomic mass is 16.8. The Bertz CT molecular complexity index is 841. The maximum Gasteiger partial charge on any atom is 0.344 e. The average Bonchev–Trinajstić information content (AvgIpc) is 2.83. The van der Waals surface area contributed by atoms with Crippen LogP contribution in [0, 0.1) is 33.5 Å². The molecule has 1 spiro atoms. The Balaban J connectivity index is 2.03. The van der Waals surface area contributed by atoms with Gasteiger partial charge in [0, 0.05) is 0 Å². The molecule has 6 nitrogen and oxygen atoms in total. The van der Waals surface area contributed by atoms with E-state index in [2.05, 4.69) is 17.1 Å². The smallest absolute Gasteiger partial charge is 0.311 e. The number of hydrogen-bond acceptors (Lipinski definition) is 5. The van der Waals surface area contributed by atoms with Crippen molar-refractivity contribution in [2.45, 2.75) is 44.1 Å². The largest absolute Gasteiger partial charge is 0.344 e. The predicted molar refractivity (Wildman–Crippen MR) is 88.5 cm³/mol. The lowest BCUT2D eigenvalue weighted by Gasteiger charge is -2.29. The summed E-state index contributed by atoms with van der Waals surface area (Å²) in [6.07, 6.45) is 1.26. The minimum Gasteiger partial charge on any atom is -0.311 e. The van der Waals surface area contributed by atoms with Gasteiger partial charge in [0.1, 0.15) is 0 Å². The zero-order chi connectivity index (χ0) is 17.9. The van der Waals surface area contributed by atoms with Crippen LogP contribution in [0.15, 0.2) is 30.3 Å². The Morgan fingerprint density at radius 3 is 2.52 bits per heavy atom. The number of amidine groups is 1. The van der Waals surface area contributed by atoms with Crippen molar-refractivity contribution in [1.82, 2.24) is 0 Å². The van der Waals surface area contributed by atoms with Crippen LogP contribution in [0.3, 0.4) is 0 Å². The van der Waals surface area contributed by atoms with Crippen LogP contribution in [-0.4, -0.2) is 24.5 Å². The van der Waals surface area contributed by atoms with Crippen LogP contribution >= 0.6 is 0 Å². The minimum atomic E-state index is -1.38. The molecule has 1 aliphatic carbocycles. The summed E-state index contributed by atoms with van der Waals surface area (Å²) in [4.78, 5) is 3.03. The number of nitrogens with two attached hydrogens (primary N) is 1. The summed E-state index contributed by atoms with van der Waals surface area (Å²) in [6, 6.07) is 14.5. The van der Waals surface area contributed by atoms with Gasteiger partial charge in [-0.05, 0) is 18.9 Å². The van der Waals surface area contributed by atoms with Gasteiger partial charge in [-0.2, -0.15) is 10.5 Å². The maximum atomic E-state index is 10.3. The van der Waals surface area contributed by atoms with Crippen molar-refractivity contribution in [1.29, 1.82) is 10.5 Å². The fraction of sp³-hybridized carbons (Fsp3) is 0.526. The SMILES string of the molecule is CCC[C@]1(c2ccccc2)[C@]2(C#N)C(N)=[NH+][C@@]3(OC[C@H](C)O3)[C@@]21C#N. The molecular formula is C19H21N4O2+. The number of hydrogen-bond donors (Lipinski definition) is 2. The topological polar surface area (TPSA) is 106 Å². The predicted octanol–water partition coefficient (Wildman–Crippen LogP) is 0.299. The van der Waals surface area contributed by atoms with Crippen LogP contribution < -0.4 is 10.7 Å². The molecule has 3 aliphatic rings. The van der Waals surface area contributed by atoms with E-state index in [9.17, 15) is 10.5 Å². The monoisotopic (exact) mass is 337 g/mol. The van der Waals surface area contributed by atoms with E-state index >= 15 is 0 Å². The van der Waals surface area contributed by atoms with Gasteiger partial charge in [0.25, 0.3) is 5.84 Å². The summed E-state index contributed by atoms with van der Waals surface area (Å²) >= 11 is 0. The van der Waals surface area contributed by atoms with Crippen LogP contribution in [0.25, 0.3) is 0 Å². The molecule has 25 heavy (non-hydrogen) atoms. The lowest BCUT2D eigenvalue weighted by atomic mass is 9.79. The molecule has 0 unspecified atom stereocenters. The molecular weight excluding hydrogens is 316 g/mol. The van der Waals surface area contributed by atoms with Gasteiger partial charge in [-0.1, -0.05) is 43.7 Å². The number of nitriles is 2. The van der Waals surface area contributed by atoms with Gasteiger partial charge >= 0.3 is 5.91 Å². The normalized spacial score (nSPS) is 44.0. The van der Waals surface area contributed by atoms with E-state index in [0.29, 0.717) is 13.0 Å². The number of benzene rings is 1.